The van der Waals surface area contributed by atoms with Crippen molar-refractivity contribution in [1.82, 2.24) is 24.4 Å². The fraction of sp³-hybridized carbons (Fsp3) is 0.357. The molecule has 5 N–H and O–H groups in total. The third-order valence-corrected chi connectivity index (χ3v) is 7.25. The minimum atomic E-state index is 0.553. The summed E-state index contributed by atoms with van der Waals surface area (Å²) >= 11 is 0. The van der Waals surface area contributed by atoms with Gasteiger partial charge in [0.05, 0.1) is 6.20 Å². The van der Waals surface area contributed by atoms with E-state index in [0.29, 0.717) is 11.5 Å². The van der Waals surface area contributed by atoms with E-state index >= 15 is 0 Å². The van der Waals surface area contributed by atoms with E-state index in [1.165, 1.54) is 5.69 Å². The Labute approximate surface area is 218 Å². The van der Waals surface area contributed by atoms with Crippen LogP contribution in [0.5, 0.6) is 0 Å². The number of likely N-dealkylation sites (N-methyl/N-ethyl adjacent to an activating group) is 2. The van der Waals surface area contributed by atoms with E-state index in [-0.39, 0.29) is 0 Å². The van der Waals surface area contributed by atoms with Gasteiger partial charge >= 0.3 is 0 Å². The van der Waals surface area contributed by atoms with Crippen molar-refractivity contribution in [1.29, 1.82) is 0 Å². The molecular weight excluding hydrogens is 462 g/mol. The molecule has 1 aliphatic rings. The number of aromatic nitrogens is 3. The first kappa shape index (κ1) is 24.9. The summed E-state index contributed by atoms with van der Waals surface area (Å²) in [7, 11) is 4.32. The number of nitrogens with two attached hydrogens (primary N) is 2. The molecule has 9 nitrogen and oxygen atoms in total. The Kier molecular flexibility index (Phi) is 7.16. The number of rotatable bonds is 8. The van der Waals surface area contributed by atoms with Crippen molar-refractivity contribution in [2.24, 2.45) is 0 Å². The molecule has 2 aromatic heterocycles. The number of fused-ring (bicyclic) bond motifs is 1. The molecule has 0 atom stereocenters. The molecule has 1 fully saturated rings. The molecule has 0 bridgehead atoms. The SMILES string of the molecule is CCN(C)CCNc1cc(-c2cnn3c(N)c(-c4ccc(N)cc4)cnc23)cc(N2CCN(C)CC2)c1. The molecule has 1 saturated heterocycles. The van der Waals surface area contributed by atoms with E-state index in [9.17, 15) is 0 Å². The van der Waals surface area contributed by atoms with Gasteiger partial charge < -0.3 is 31.5 Å². The van der Waals surface area contributed by atoms with Gasteiger partial charge in [-0.2, -0.15) is 9.61 Å². The topological polar surface area (TPSA) is 104 Å². The van der Waals surface area contributed by atoms with E-state index in [4.69, 9.17) is 16.5 Å². The van der Waals surface area contributed by atoms with Gasteiger partial charge in [-0.3, -0.25) is 0 Å². The molecule has 0 unspecified atom stereocenters. The summed E-state index contributed by atoms with van der Waals surface area (Å²) in [4.78, 5) is 11.9. The Morgan fingerprint density at radius 2 is 1.70 bits per heavy atom. The third-order valence-electron chi connectivity index (χ3n) is 7.25. The zero-order chi connectivity index (χ0) is 25.9. The molecule has 1 aliphatic heterocycles. The van der Waals surface area contributed by atoms with Crippen molar-refractivity contribution >= 4 is 28.5 Å². The van der Waals surface area contributed by atoms with Crippen LogP contribution in [0.2, 0.25) is 0 Å². The normalized spacial score (nSPS) is 14.5. The fourth-order valence-electron chi connectivity index (χ4n) is 4.70. The largest absolute Gasteiger partial charge is 0.399 e. The molecule has 5 rings (SSSR count). The minimum absolute atomic E-state index is 0.553. The molecule has 4 aromatic rings. The van der Waals surface area contributed by atoms with Crippen LogP contribution in [0.1, 0.15) is 6.92 Å². The summed E-state index contributed by atoms with van der Waals surface area (Å²) in [5.74, 6) is 0.553. The smallest absolute Gasteiger partial charge is 0.165 e. The van der Waals surface area contributed by atoms with Crippen LogP contribution in [0, 0.1) is 0 Å². The van der Waals surface area contributed by atoms with E-state index in [1.54, 1.807) is 4.52 Å². The fourth-order valence-corrected chi connectivity index (χ4v) is 4.70. The van der Waals surface area contributed by atoms with Gasteiger partial charge in [-0.1, -0.05) is 19.1 Å². The van der Waals surface area contributed by atoms with Crippen molar-refractivity contribution in [3.63, 3.8) is 0 Å². The zero-order valence-electron chi connectivity index (χ0n) is 22.0. The van der Waals surface area contributed by atoms with E-state index in [2.05, 4.69) is 64.3 Å². The highest BCUT2D eigenvalue weighted by Gasteiger charge is 2.19. The van der Waals surface area contributed by atoms with Crippen LogP contribution in [0.15, 0.2) is 54.9 Å². The number of nitrogens with one attached hydrogen (secondary N) is 1. The van der Waals surface area contributed by atoms with Gasteiger partial charge in [-0.25, -0.2) is 4.98 Å². The van der Waals surface area contributed by atoms with Crippen LogP contribution in [-0.2, 0) is 0 Å². The molecule has 0 amide bonds. The molecule has 0 saturated carbocycles. The third kappa shape index (κ3) is 5.33. The summed E-state index contributed by atoms with van der Waals surface area (Å²) in [6.07, 6.45) is 3.69. The van der Waals surface area contributed by atoms with Crippen LogP contribution < -0.4 is 21.7 Å². The second kappa shape index (κ2) is 10.7. The number of hydrogen-bond acceptors (Lipinski definition) is 8. The molecule has 3 heterocycles. The van der Waals surface area contributed by atoms with E-state index in [0.717, 1.165) is 79.4 Å². The van der Waals surface area contributed by atoms with E-state index < -0.39 is 0 Å². The first-order chi connectivity index (χ1) is 17.9. The Balaban J connectivity index is 1.51. The van der Waals surface area contributed by atoms with Crippen LogP contribution in [0.25, 0.3) is 27.9 Å². The molecular formula is C28H37N9. The van der Waals surface area contributed by atoms with Gasteiger partial charge in [0.15, 0.2) is 5.65 Å². The van der Waals surface area contributed by atoms with Crippen LogP contribution in [-0.4, -0.2) is 84.3 Å². The molecule has 9 heteroatoms. The van der Waals surface area contributed by atoms with Crippen LogP contribution in [0.4, 0.5) is 22.9 Å². The molecule has 2 aromatic carbocycles. The number of nitrogen functional groups attached to an aromatic ring is 2. The summed E-state index contributed by atoms with van der Waals surface area (Å²) in [5.41, 5.74) is 20.0. The number of benzene rings is 2. The average Bonchev–Trinajstić information content (AvgIpc) is 3.35. The van der Waals surface area contributed by atoms with Crippen LogP contribution in [0.3, 0.4) is 0 Å². The summed E-state index contributed by atoms with van der Waals surface area (Å²) in [6, 6.07) is 14.3. The van der Waals surface area contributed by atoms with Gasteiger partial charge in [-0.15, -0.1) is 0 Å². The number of anilines is 4. The lowest BCUT2D eigenvalue weighted by Crippen LogP contribution is -2.44. The Hall–Kier alpha value is -3.82. The van der Waals surface area contributed by atoms with E-state index in [1.807, 2.05) is 36.7 Å². The van der Waals surface area contributed by atoms with Crippen molar-refractivity contribution < 1.29 is 0 Å². The first-order valence-corrected chi connectivity index (χ1v) is 12.9. The van der Waals surface area contributed by atoms with Gasteiger partial charge in [0.25, 0.3) is 0 Å². The minimum Gasteiger partial charge on any atom is -0.399 e. The standard InChI is InChI=1S/C28H37N9/c1-4-34(2)10-9-31-23-15-21(16-24(17-23)36-13-11-35(3)12-14-36)26-19-33-37-27(30)25(18-32-28(26)37)20-5-7-22(29)8-6-20/h5-8,15-19,31H,4,9-14,29-30H2,1-3H3. The summed E-state index contributed by atoms with van der Waals surface area (Å²) in [6.45, 7) is 9.17. The predicted octanol–water partition coefficient (Wildman–Crippen LogP) is 3.34. The lowest BCUT2D eigenvalue weighted by atomic mass is 10.1. The highest BCUT2D eigenvalue weighted by atomic mass is 15.3. The predicted molar refractivity (Wildman–Crippen MR) is 154 cm³/mol. The average molecular weight is 500 g/mol. The highest BCUT2D eigenvalue weighted by Crippen LogP contribution is 2.34. The number of hydrogen-bond donors (Lipinski definition) is 3. The quantitative estimate of drug-likeness (QED) is 0.317. The molecule has 0 spiro atoms. The van der Waals surface area contributed by atoms with Crippen molar-refractivity contribution in [2.75, 3.05) is 81.6 Å². The molecule has 37 heavy (non-hydrogen) atoms. The lowest BCUT2D eigenvalue weighted by molar-refractivity contribution is 0.313. The van der Waals surface area contributed by atoms with Gasteiger partial charge in [-0.05, 0) is 62.1 Å². The van der Waals surface area contributed by atoms with Gasteiger partial charge in [0, 0.05) is 73.7 Å². The maximum Gasteiger partial charge on any atom is 0.165 e. The molecule has 0 aliphatic carbocycles. The second-order valence-electron chi connectivity index (χ2n) is 9.85. The summed E-state index contributed by atoms with van der Waals surface area (Å²) < 4.78 is 1.73. The highest BCUT2D eigenvalue weighted by molar-refractivity contribution is 5.85. The first-order valence-electron chi connectivity index (χ1n) is 12.9. The Morgan fingerprint density at radius 3 is 2.43 bits per heavy atom. The number of piperazine rings is 1. The maximum absolute atomic E-state index is 6.58. The Bertz CT molecular complexity index is 1350. The van der Waals surface area contributed by atoms with Crippen molar-refractivity contribution in [3.8, 4) is 22.3 Å². The zero-order valence-corrected chi connectivity index (χ0v) is 22.0. The summed E-state index contributed by atoms with van der Waals surface area (Å²) in [5, 5.41) is 8.27. The van der Waals surface area contributed by atoms with Crippen LogP contribution >= 0.6 is 0 Å². The lowest BCUT2D eigenvalue weighted by Gasteiger charge is -2.34. The van der Waals surface area contributed by atoms with Gasteiger partial charge in [0.2, 0.25) is 0 Å². The maximum atomic E-state index is 6.58. The van der Waals surface area contributed by atoms with Crippen molar-refractivity contribution in [3.05, 3.63) is 54.9 Å². The number of nitrogens with zero attached hydrogens (tertiary/aromatic N) is 6. The second-order valence-corrected chi connectivity index (χ2v) is 9.85. The Morgan fingerprint density at radius 1 is 0.946 bits per heavy atom. The van der Waals surface area contributed by atoms with Crippen molar-refractivity contribution in [2.45, 2.75) is 6.92 Å². The monoisotopic (exact) mass is 499 g/mol. The van der Waals surface area contributed by atoms with Gasteiger partial charge in [0.1, 0.15) is 5.82 Å². The molecule has 0 radical (unpaired) electrons. The molecule has 194 valence electrons.